The van der Waals surface area contributed by atoms with Crippen LogP contribution in [0.3, 0.4) is 0 Å². The summed E-state index contributed by atoms with van der Waals surface area (Å²) in [6.07, 6.45) is 3.16. The van der Waals surface area contributed by atoms with Crippen LogP contribution in [0.25, 0.3) is 11.6 Å². The van der Waals surface area contributed by atoms with E-state index in [2.05, 4.69) is 19.9 Å². The van der Waals surface area contributed by atoms with E-state index in [0.29, 0.717) is 5.82 Å². The zero-order valence-corrected chi connectivity index (χ0v) is 8.98. The number of imidazole rings is 1. The van der Waals surface area contributed by atoms with Gasteiger partial charge in [-0.25, -0.2) is 4.98 Å². The molecule has 0 bridgehead atoms. The van der Waals surface area contributed by atoms with Crippen LogP contribution in [0.15, 0.2) is 17.2 Å². The van der Waals surface area contributed by atoms with Gasteiger partial charge >= 0.3 is 0 Å². The normalized spacial score (nSPS) is 10.9. The lowest BCUT2D eigenvalue weighted by Crippen LogP contribution is -2.16. The topological polar surface area (TPSA) is 94.7 Å². The maximum absolute atomic E-state index is 11.7. The highest BCUT2D eigenvalue weighted by Gasteiger charge is 2.15. The van der Waals surface area contributed by atoms with Crippen LogP contribution in [-0.2, 0) is 0 Å². The molecule has 0 amide bonds. The maximum atomic E-state index is 11.7. The monoisotopic (exact) mass is 220 g/mol. The Balaban J connectivity index is 2.58. The van der Waals surface area contributed by atoms with Crippen molar-refractivity contribution in [3.63, 3.8) is 0 Å². The molecular weight excluding hydrogens is 208 g/mol. The maximum Gasteiger partial charge on any atom is 0.258 e. The van der Waals surface area contributed by atoms with Gasteiger partial charge in [0, 0.05) is 12.4 Å². The Morgan fingerprint density at radius 1 is 1.38 bits per heavy atom. The molecule has 0 fully saturated rings. The van der Waals surface area contributed by atoms with E-state index in [9.17, 15) is 9.90 Å². The van der Waals surface area contributed by atoms with Gasteiger partial charge in [0.1, 0.15) is 0 Å². The molecule has 0 saturated carbocycles. The summed E-state index contributed by atoms with van der Waals surface area (Å²) in [7, 11) is 0. The van der Waals surface area contributed by atoms with E-state index in [-0.39, 0.29) is 28.7 Å². The lowest BCUT2D eigenvalue weighted by atomic mass is 10.1. The Labute approximate surface area is 91.4 Å². The minimum atomic E-state index is -0.339. The molecular formula is C10H12N4O2. The van der Waals surface area contributed by atoms with E-state index in [0.717, 1.165) is 0 Å². The molecule has 0 aliphatic carbocycles. The lowest BCUT2D eigenvalue weighted by molar-refractivity contribution is 0.440. The summed E-state index contributed by atoms with van der Waals surface area (Å²) in [5.74, 6) is 0.326. The first kappa shape index (κ1) is 10.4. The standard InChI is InChI=1S/C10H12N4O2/c1-5(2)6-9(15)13-8(14-10(6)16)7-11-3-4-12-7/h3-5H,1-2H3,(H,11,12)(H2,13,14,15,16). The van der Waals surface area contributed by atoms with Crippen molar-refractivity contribution in [2.24, 2.45) is 0 Å². The van der Waals surface area contributed by atoms with Crippen molar-refractivity contribution in [3.8, 4) is 17.5 Å². The summed E-state index contributed by atoms with van der Waals surface area (Å²) < 4.78 is 0. The smallest absolute Gasteiger partial charge is 0.258 e. The molecule has 0 saturated heterocycles. The summed E-state index contributed by atoms with van der Waals surface area (Å²) in [4.78, 5) is 24.9. The van der Waals surface area contributed by atoms with Crippen molar-refractivity contribution in [2.75, 3.05) is 0 Å². The Kier molecular flexibility index (Phi) is 2.47. The zero-order valence-electron chi connectivity index (χ0n) is 8.98. The van der Waals surface area contributed by atoms with E-state index in [1.807, 2.05) is 13.8 Å². The van der Waals surface area contributed by atoms with Gasteiger partial charge in [-0.15, -0.1) is 0 Å². The molecule has 2 heterocycles. The van der Waals surface area contributed by atoms with Crippen molar-refractivity contribution in [3.05, 3.63) is 28.3 Å². The molecule has 0 aliphatic heterocycles. The first-order chi connectivity index (χ1) is 7.59. The zero-order chi connectivity index (χ0) is 11.7. The fourth-order valence-corrected chi connectivity index (χ4v) is 1.50. The number of rotatable bonds is 2. The minimum Gasteiger partial charge on any atom is -0.493 e. The van der Waals surface area contributed by atoms with Gasteiger partial charge in [-0.3, -0.25) is 4.79 Å². The quantitative estimate of drug-likeness (QED) is 0.703. The highest BCUT2D eigenvalue weighted by molar-refractivity contribution is 5.44. The third-order valence-electron chi connectivity index (χ3n) is 2.24. The van der Waals surface area contributed by atoms with Crippen molar-refractivity contribution < 1.29 is 5.11 Å². The van der Waals surface area contributed by atoms with Gasteiger partial charge in [0.25, 0.3) is 5.56 Å². The second kappa shape index (κ2) is 3.80. The molecule has 6 heteroatoms. The fourth-order valence-electron chi connectivity index (χ4n) is 1.50. The second-order valence-corrected chi connectivity index (χ2v) is 3.74. The van der Waals surface area contributed by atoms with E-state index in [1.165, 1.54) is 0 Å². The Morgan fingerprint density at radius 3 is 2.62 bits per heavy atom. The van der Waals surface area contributed by atoms with Crippen LogP contribution in [0, 0.1) is 0 Å². The fraction of sp³-hybridized carbons (Fsp3) is 0.300. The van der Waals surface area contributed by atoms with Gasteiger partial charge < -0.3 is 15.1 Å². The molecule has 0 aliphatic rings. The summed E-state index contributed by atoms with van der Waals surface area (Å²) in [6, 6.07) is 0. The molecule has 2 aromatic heterocycles. The van der Waals surface area contributed by atoms with Gasteiger partial charge in [-0.2, -0.15) is 4.98 Å². The summed E-state index contributed by atoms with van der Waals surface area (Å²) >= 11 is 0. The molecule has 0 atom stereocenters. The second-order valence-electron chi connectivity index (χ2n) is 3.74. The predicted molar refractivity (Wildman–Crippen MR) is 58.2 cm³/mol. The van der Waals surface area contributed by atoms with Crippen molar-refractivity contribution in [1.82, 2.24) is 19.9 Å². The molecule has 0 unspecified atom stereocenters. The van der Waals surface area contributed by atoms with E-state index in [4.69, 9.17) is 0 Å². The number of aromatic nitrogens is 4. The Morgan fingerprint density at radius 2 is 2.12 bits per heavy atom. The number of hydrogen-bond acceptors (Lipinski definition) is 4. The number of nitrogens with one attached hydrogen (secondary N) is 2. The number of H-pyrrole nitrogens is 2. The summed E-state index contributed by atoms with van der Waals surface area (Å²) in [5.41, 5.74) is -0.0517. The molecule has 0 aromatic carbocycles. The highest BCUT2D eigenvalue weighted by Crippen LogP contribution is 2.20. The SMILES string of the molecule is CC(C)c1c(O)nc(-c2ncc[nH]2)[nH]c1=O. The highest BCUT2D eigenvalue weighted by atomic mass is 16.3. The molecule has 2 aromatic rings. The van der Waals surface area contributed by atoms with Crippen LogP contribution < -0.4 is 5.56 Å². The summed E-state index contributed by atoms with van der Waals surface area (Å²) in [5, 5.41) is 9.67. The molecule has 16 heavy (non-hydrogen) atoms. The third kappa shape index (κ3) is 1.69. The van der Waals surface area contributed by atoms with Crippen LogP contribution in [-0.4, -0.2) is 25.0 Å². The van der Waals surface area contributed by atoms with Gasteiger partial charge in [0.05, 0.1) is 5.56 Å². The van der Waals surface area contributed by atoms with Crippen molar-refractivity contribution in [2.45, 2.75) is 19.8 Å². The van der Waals surface area contributed by atoms with E-state index in [1.54, 1.807) is 12.4 Å². The van der Waals surface area contributed by atoms with Gasteiger partial charge in [-0.1, -0.05) is 13.8 Å². The number of aromatic hydroxyl groups is 1. The third-order valence-corrected chi connectivity index (χ3v) is 2.24. The number of nitrogens with zero attached hydrogens (tertiary/aromatic N) is 2. The molecule has 3 N–H and O–H groups in total. The Bertz CT molecular complexity index is 542. The van der Waals surface area contributed by atoms with Crippen LogP contribution in [0.4, 0.5) is 0 Å². The first-order valence-corrected chi connectivity index (χ1v) is 4.92. The van der Waals surface area contributed by atoms with Gasteiger partial charge in [0.2, 0.25) is 5.88 Å². The molecule has 6 nitrogen and oxygen atoms in total. The average molecular weight is 220 g/mol. The van der Waals surface area contributed by atoms with Gasteiger partial charge in [-0.05, 0) is 5.92 Å². The van der Waals surface area contributed by atoms with E-state index < -0.39 is 0 Å². The molecule has 0 spiro atoms. The van der Waals surface area contributed by atoms with Crippen molar-refractivity contribution in [1.29, 1.82) is 0 Å². The van der Waals surface area contributed by atoms with Crippen molar-refractivity contribution >= 4 is 0 Å². The van der Waals surface area contributed by atoms with Crippen LogP contribution in [0.2, 0.25) is 0 Å². The Hall–Kier alpha value is -2.11. The van der Waals surface area contributed by atoms with Gasteiger partial charge in [0.15, 0.2) is 11.6 Å². The van der Waals surface area contributed by atoms with Crippen LogP contribution in [0.5, 0.6) is 5.88 Å². The largest absolute Gasteiger partial charge is 0.493 e. The average Bonchev–Trinajstić information content (AvgIpc) is 2.67. The first-order valence-electron chi connectivity index (χ1n) is 4.92. The number of hydrogen-bond donors (Lipinski definition) is 3. The minimum absolute atomic E-state index is 0.0816. The van der Waals surface area contributed by atoms with E-state index >= 15 is 0 Å². The van der Waals surface area contributed by atoms with Crippen LogP contribution in [0.1, 0.15) is 25.3 Å². The summed E-state index contributed by atoms with van der Waals surface area (Å²) in [6.45, 7) is 3.64. The lowest BCUT2D eigenvalue weighted by Gasteiger charge is -2.06. The van der Waals surface area contributed by atoms with Crippen LogP contribution >= 0.6 is 0 Å². The predicted octanol–water partition coefficient (Wildman–Crippen LogP) is 0.989. The molecule has 84 valence electrons. The molecule has 0 radical (unpaired) electrons. The number of aromatic amines is 2. The molecule has 2 rings (SSSR count).